The van der Waals surface area contributed by atoms with Gasteiger partial charge in [0, 0.05) is 23.5 Å². The van der Waals surface area contributed by atoms with E-state index in [0.717, 1.165) is 22.5 Å². The molecule has 6 nitrogen and oxygen atoms in total. The summed E-state index contributed by atoms with van der Waals surface area (Å²) in [6.07, 6.45) is 3.86. The lowest BCUT2D eigenvalue weighted by Gasteiger charge is -2.19. The number of nitrogens with zero attached hydrogens (tertiary/aromatic N) is 1. The second kappa shape index (κ2) is 8.20. The average Bonchev–Trinajstić information content (AvgIpc) is 3.45. The third kappa shape index (κ3) is 4.31. The molecule has 1 atom stereocenters. The molecule has 30 heavy (non-hydrogen) atoms. The Hall–Kier alpha value is -3.32. The first kappa shape index (κ1) is 20.0. The van der Waals surface area contributed by atoms with E-state index in [2.05, 4.69) is 33.1 Å². The molecular formula is C23H23N3O3S. The highest BCUT2D eigenvalue weighted by Crippen LogP contribution is 2.27. The molecule has 0 fully saturated rings. The van der Waals surface area contributed by atoms with Crippen molar-refractivity contribution < 1.29 is 14.6 Å². The molecule has 0 saturated heterocycles. The van der Waals surface area contributed by atoms with Crippen LogP contribution < -0.4 is 15.4 Å². The fraction of sp³-hybridized carbons (Fsp3) is 0.217. The number of carbonyl (C=O) groups is 1. The minimum absolute atomic E-state index is 0.00276. The van der Waals surface area contributed by atoms with Crippen LogP contribution in [0.2, 0.25) is 0 Å². The summed E-state index contributed by atoms with van der Waals surface area (Å²) < 4.78 is 5.63. The summed E-state index contributed by atoms with van der Waals surface area (Å²) in [6, 6.07) is 15.7. The lowest BCUT2D eigenvalue weighted by Crippen LogP contribution is -2.30. The predicted octanol–water partition coefficient (Wildman–Crippen LogP) is 4.49. The van der Waals surface area contributed by atoms with Gasteiger partial charge in [-0.25, -0.2) is 0 Å². The standard InChI is InChI=1S/C23H23N3O3S/c1-23(2,22(27)28)14-29-17-8-5-15(6-9-17)18-10-7-16(12-24-18)21-25-13-19(26-21)20-4-3-11-30-20/h3-13,21,25-26H,14H2,1-2H3,(H,27,28). The second-order valence-corrected chi connectivity index (χ2v) is 8.71. The minimum atomic E-state index is -0.934. The molecule has 3 aromatic rings. The van der Waals surface area contributed by atoms with Crippen LogP contribution in [0.25, 0.3) is 17.0 Å². The molecule has 1 aromatic carbocycles. The summed E-state index contributed by atoms with van der Waals surface area (Å²) in [7, 11) is 0. The van der Waals surface area contributed by atoms with Crippen LogP contribution in [0, 0.1) is 5.41 Å². The summed E-state index contributed by atoms with van der Waals surface area (Å²) in [4.78, 5) is 17.0. The van der Waals surface area contributed by atoms with Gasteiger partial charge in [-0.15, -0.1) is 11.3 Å². The number of thiophene rings is 1. The number of aliphatic carboxylic acids is 1. The Bertz CT molecular complexity index is 1040. The molecule has 7 heteroatoms. The fourth-order valence-corrected chi connectivity index (χ4v) is 3.66. The number of aromatic nitrogens is 1. The zero-order valence-electron chi connectivity index (χ0n) is 16.8. The summed E-state index contributed by atoms with van der Waals surface area (Å²) in [5.74, 6) is -0.247. The van der Waals surface area contributed by atoms with E-state index in [-0.39, 0.29) is 12.8 Å². The Balaban J connectivity index is 1.38. The summed E-state index contributed by atoms with van der Waals surface area (Å²) in [6.45, 7) is 3.39. The molecule has 0 spiro atoms. The molecule has 3 heterocycles. The highest BCUT2D eigenvalue weighted by Gasteiger charge is 2.28. The zero-order valence-corrected chi connectivity index (χ0v) is 17.6. The van der Waals surface area contributed by atoms with Crippen LogP contribution in [-0.4, -0.2) is 22.7 Å². The van der Waals surface area contributed by atoms with E-state index in [0.29, 0.717) is 5.75 Å². The SMILES string of the molecule is CC(C)(COc1ccc(-c2ccc(C3NC=C(c4cccs4)N3)cn2)cc1)C(=O)O. The maximum atomic E-state index is 11.2. The van der Waals surface area contributed by atoms with E-state index < -0.39 is 11.4 Å². The van der Waals surface area contributed by atoms with Gasteiger partial charge in [-0.1, -0.05) is 12.1 Å². The number of benzene rings is 1. The maximum Gasteiger partial charge on any atom is 0.312 e. The van der Waals surface area contributed by atoms with Crippen LogP contribution in [-0.2, 0) is 4.79 Å². The number of nitrogens with one attached hydrogen (secondary N) is 2. The number of rotatable bonds is 7. The van der Waals surface area contributed by atoms with Crippen LogP contribution >= 0.6 is 11.3 Å². The van der Waals surface area contributed by atoms with Gasteiger partial charge in [-0.05, 0) is 55.6 Å². The number of pyridine rings is 1. The lowest BCUT2D eigenvalue weighted by atomic mass is 9.95. The molecule has 0 saturated carbocycles. The van der Waals surface area contributed by atoms with E-state index >= 15 is 0 Å². The van der Waals surface area contributed by atoms with Crippen molar-refractivity contribution in [3.63, 3.8) is 0 Å². The quantitative estimate of drug-likeness (QED) is 0.521. The molecule has 0 radical (unpaired) electrons. The van der Waals surface area contributed by atoms with Crippen LogP contribution in [0.4, 0.5) is 0 Å². The topological polar surface area (TPSA) is 83.5 Å². The summed E-state index contributed by atoms with van der Waals surface area (Å²) >= 11 is 1.70. The lowest BCUT2D eigenvalue weighted by molar-refractivity contribution is -0.148. The van der Waals surface area contributed by atoms with Crippen molar-refractivity contribution in [1.29, 1.82) is 0 Å². The van der Waals surface area contributed by atoms with Gasteiger partial charge in [0.1, 0.15) is 18.5 Å². The van der Waals surface area contributed by atoms with Crippen molar-refractivity contribution in [2.24, 2.45) is 5.41 Å². The van der Waals surface area contributed by atoms with Crippen molar-refractivity contribution in [1.82, 2.24) is 15.6 Å². The zero-order chi connectivity index (χ0) is 21.1. The minimum Gasteiger partial charge on any atom is -0.492 e. The number of ether oxygens (including phenoxy) is 1. The Morgan fingerprint density at radius 1 is 1.20 bits per heavy atom. The maximum absolute atomic E-state index is 11.2. The molecule has 2 aromatic heterocycles. The number of carboxylic acid groups (broad SMARTS) is 1. The second-order valence-electron chi connectivity index (χ2n) is 7.76. The Kier molecular flexibility index (Phi) is 5.46. The van der Waals surface area contributed by atoms with E-state index in [9.17, 15) is 9.90 Å². The van der Waals surface area contributed by atoms with Crippen molar-refractivity contribution >= 4 is 23.0 Å². The Labute approximate surface area is 179 Å². The first-order chi connectivity index (χ1) is 14.4. The van der Waals surface area contributed by atoms with E-state index in [1.54, 1.807) is 25.2 Å². The molecule has 3 N–H and O–H groups in total. The van der Waals surface area contributed by atoms with Crippen LogP contribution in [0.3, 0.4) is 0 Å². The summed E-state index contributed by atoms with van der Waals surface area (Å²) in [5.41, 5.74) is 3.03. The third-order valence-electron chi connectivity index (χ3n) is 4.93. The van der Waals surface area contributed by atoms with Gasteiger partial charge < -0.3 is 20.5 Å². The van der Waals surface area contributed by atoms with Gasteiger partial charge >= 0.3 is 5.97 Å². The highest BCUT2D eigenvalue weighted by atomic mass is 32.1. The molecule has 4 rings (SSSR count). The molecule has 0 amide bonds. The van der Waals surface area contributed by atoms with Crippen molar-refractivity contribution in [3.8, 4) is 17.0 Å². The van der Waals surface area contributed by atoms with E-state index in [1.165, 1.54) is 4.88 Å². The molecule has 0 bridgehead atoms. The molecular weight excluding hydrogens is 398 g/mol. The number of hydrogen-bond donors (Lipinski definition) is 3. The first-order valence-corrected chi connectivity index (χ1v) is 10.5. The normalized spacial score (nSPS) is 15.8. The van der Waals surface area contributed by atoms with Crippen molar-refractivity contribution in [2.45, 2.75) is 20.0 Å². The number of hydrogen-bond acceptors (Lipinski definition) is 6. The number of carboxylic acids is 1. The smallest absolute Gasteiger partial charge is 0.312 e. The van der Waals surface area contributed by atoms with Gasteiger partial charge in [0.25, 0.3) is 0 Å². The Morgan fingerprint density at radius 3 is 2.63 bits per heavy atom. The van der Waals surface area contributed by atoms with Gasteiger partial charge in [-0.3, -0.25) is 9.78 Å². The molecule has 154 valence electrons. The molecule has 0 aliphatic carbocycles. The van der Waals surface area contributed by atoms with Gasteiger partial charge in [0.2, 0.25) is 0 Å². The Morgan fingerprint density at radius 2 is 2.00 bits per heavy atom. The predicted molar refractivity (Wildman–Crippen MR) is 118 cm³/mol. The third-order valence-corrected chi connectivity index (χ3v) is 5.83. The molecule has 1 aliphatic heterocycles. The van der Waals surface area contributed by atoms with Crippen LogP contribution in [0.15, 0.2) is 66.3 Å². The highest BCUT2D eigenvalue weighted by molar-refractivity contribution is 7.11. The van der Waals surface area contributed by atoms with Crippen LogP contribution in [0.5, 0.6) is 5.75 Å². The van der Waals surface area contributed by atoms with E-state index in [4.69, 9.17) is 4.74 Å². The van der Waals surface area contributed by atoms with Crippen molar-refractivity contribution in [3.05, 3.63) is 76.7 Å². The largest absolute Gasteiger partial charge is 0.492 e. The molecule has 1 aliphatic rings. The monoisotopic (exact) mass is 421 g/mol. The van der Waals surface area contributed by atoms with Crippen LogP contribution in [0.1, 0.15) is 30.5 Å². The van der Waals surface area contributed by atoms with Gasteiger partial charge in [-0.2, -0.15) is 0 Å². The van der Waals surface area contributed by atoms with Gasteiger partial charge in [0.05, 0.1) is 21.7 Å². The first-order valence-electron chi connectivity index (χ1n) is 9.62. The fourth-order valence-electron chi connectivity index (χ4n) is 2.95. The average molecular weight is 422 g/mol. The van der Waals surface area contributed by atoms with Gasteiger partial charge in [0.15, 0.2) is 0 Å². The van der Waals surface area contributed by atoms with Crippen molar-refractivity contribution in [2.75, 3.05) is 6.61 Å². The summed E-state index contributed by atoms with van der Waals surface area (Å²) in [5, 5.41) is 18.1. The van der Waals surface area contributed by atoms with E-state index in [1.807, 2.05) is 48.8 Å². The molecule has 1 unspecified atom stereocenters.